The van der Waals surface area contributed by atoms with Gasteiger partial charge in [-0.15, -0.1) is 10.2 Å². The molecule has 0 spiro atoms. The van der Waals surface area contributed by atoms with Gasteiger partial charge < -0.3 is 14.1 Å². The summed E-state index contributed by atoms with van der Waals surface area (Å²) in [5.74, 6) is 1.43. The van der Waals surface area contributed by atoms with Crippen LogP contribution < -0.4 is 5.63 Å². The third-order valence-corrected chi connectivity index (χ3v) is 5.79. The van der Waals surface area contributed by atoms with Gasteiger partial charge in [-0.3, -0.25) is 0 Å². The summed E-state index contributed by atoms with van der Waals surface area (Å²) in [6, 6.07) is 13.0. The minimum atomic E-state index is -0.435. The van der Waals surface area contributed by atoms with Crippen molar-refractivity contribution in [1.82, 2.24) is 14.8 Å². The number of aromatic nitrogens is 3. The summed E-state index contributed by atoms with van der Waals surface area (Å²) in [5, 5.41) is 20.1. The lowest BCUT2D eigenvalue weighted by molar-refractivity contribution is 0.468. The minimum absolute atomic E-state index is 0.108. The zero-order valence-corrected chi connectivity index (χ0v) is 16.6. The van der Waals surface area contributed by atoms with Crippen molar-refractivity contribution in [2.24, 2.45) is 7.05 Å². The first-order valence-electron chi connectivity index (χ1n) is 8.78. The summed E-state index contributed by atoms with van der Waals surface area (Å²) in [5.41, 5.74) is 3.57. The van der Waals surface area contributed by atoms with E-state index in [0.717, 1.165) is 27.5 Å². The zero-order chi connectivity index (χ0) is 19.8. The maximum atomic E-state index is 12.0. The van der Waals surface area contributed by atoms with Gasteiger partial charge in [0.05, 0.1) is 0 Å². The van der Waals surface area contributed by atoms with Crippen LogP contribution in [0.5, 0.6) is 5.75 Å². The highest BCUT2D eigenvalue weighted by Gasteiger charge is 2.14. The van der Waals surface area contributed by atoms with Crippen LogP contribution in [0.1, 0.15) is 16.7 Å². The van der Waals surface area contributed by atoms with Crippen molar-refractivity contribution in [3.63, 3.8) is 0 Å². The Balaban J connectivity index is 1.65. The van der Waals surface area contributed by atoms with Gasteiger partial charge >= 0.3 is 5.63 Å². The molecule has 2 aromatic carbocycles. The van der Waals surface area contributed by atoms with Gasteiger partial charge in [0.15, 0.2) is 11.0 Å². The number of hydrogen-bond donors (Lipinski definition) is 1. The van der Waals surface area contributed by atoms with Gasteiger partial charge in [0, 0.05) is 35.4 Å². The van der Waals surface area contributed by atoms with Gasteiger partial charge in [-0.2, -0.15) is 0 Å². The van der Waals surface area contributed by atoms with Crippen molar-refractivity contribution in [2.45, 2.75) is 24.8 Å². The highest BCUT2D eigenvalue weighted by atomic mass is 32.2. The maximum Gasteiger partial charge on any atom is 0.336 e. The van der Waals surface area contributed by atoms with Crippen molar-refractivity contribution in [3.05, 3.63) is 69.6 Å². The van der Waals surface area contributed by atoms with E-state index >= 15 is 0 Å². The molecular formula is C21H19N3O3S. The van der Waals surface area contributed by atoms with Gasteiger partial charge in [-0.25, -0.2) is 4.79 Å². The van der Waals surface area contributed by atoms with Crippen LogP contribution in [-0.4, -0.2) is 19.9 Å². The second kappa shape index (κ2) is 7.16. The summed E-state index contributed by atoms with van der Waals surface area (Å²) in [4.78, 5) is 12.0. The summed E-state index contributed by atoms with van der Waals surface area (Å²) in [6.45, 7) is 3.78. The molecular weight excluding hydrogens is 374 g/mol. The van der Waals surface area contributed by atoms with E-state index < -0.39 is 5.63 Å². The Morgan fingerprint density at radius 3 is 2.61 bits per heavy atom. The number of phenolic OH excluding ortho intramolecular Hbond substituents is 1. The van der Waals surface area contributed by atoms with Gasteiger partial charge in [-0.1, -0.05) is 41.6 Å². The number of hydrogen-bond acceptors (Lipinski definition) is 6. The molecule has 0 unspecified atom stereocenters. The van der Waals surface area contributed by atoms with Crippen molar-refractivity contribution < 1.29 is 9.52 Å². The van der Waals surface area contributed by atoms with E-state index in [2.05, 4.69) is 10.2 Å². The highest BCUT2D eigenvalue weighted by Crippen LogP contribution is 2.31. The predicted octanol–water partition coefficient (Wildman–Crippen LogP) is 4.20. The zero-order valence-electron chi connectivity index (χ0n) is 15.8. The average molecular weight is 393 g/mol. The predicted molar refractivity (Wildman–Crippen MR) is 110 cm³/mol. The molecule has 28 heavy (non-hydrogen) atoms. The first-order valence-corrected chi connectivity index (χ1v) is 9.77. The Labute approximate surface area is 165 Å². The van der Waals surface area contributed by atoms with Crippen LogP contribution in [0.25, 0.3) is 22.4 Å². The average Bonchev–Trinajstić information content (AvgIpc) is 3.04. The lowest BCUT2D eigenvalue weighted by Crippen LogP contribution is -2.01. The molecule has 0 atom stereocenters. The molecule has 4 aromatic rings. The molecule has 0 aliphatic heterocycles. The van der Waals surface area contributed by atoms with Crippen molar-refractivity contribution in [2.75, 3.05) is 0 Å². The van der Waals surface area contributed by atoms with Gasteiger partial charge in [0.2, 0.25) is 0 Å². The number of rotatable bonds is 4. The molecule has 2 heterocycles. The Morgan fingerprint density at radius 1 is 1.11 bits per heavy atom. The first-order chi connectivity index (χ1) is 13.4. The van der Waals surface area contributed by atoms with Crippen LogP contribution >= 0.6 is 11.8 Å². The van der Waals surface area contributed by atoms with Crippen LogP contribution in [0.15, 0.2) is 56.8 Å². The Kier molecular flexibility index (Phi) is 4.68. The molecule has 0 aliphatic carbocycles. The molecule has 0 amide bonds. The van der Waals surface area contributed by atoms with Crippen LogP contribution in [0, 0.1) is 13.8 Å². The van der Waals surface area contributed by atoms with E-state index in [1.54, 1.807) is 19.1 Å². The van der Waals surface area contributed by atoms with E-state index in [-0.39, 0.29) is 5.75 Å². The molecule has 0 saturated carbocycles. The summed E-state index contributed by atoms with van der Waals surface area (Å²) < 4.78 is 7.25. The molecule has 0 radical (unpaired) electrons. The van der Waals surface area contributed by atoms with Crippen molar-refractivity contribution in [1.29, 1.82) is 0 Å². The Hall–Kier alpha value is -3.06. The smallest absolute Gasteiger partial charge is 0.336 e. The molecule has 6 nitrogen and oxygen atoms in total. The SMILES string of the molecule is Cc1ccc(-c2nnc(SCc3cc(=O)oc4c(C)c(O)ccc34)n2C)cc1. The number of aromatic hydroxyl groups is 1. The van der Waals surface area contributed by atoms with Gasteiger partial charge in [0.1, 0.15) is 11.3 Å². The first kappa shape index (κ1) is 18.3. The summed E-state index contributed by atoms with van der Waals surface area (Å²) >= 11 is 1.50. The standard InChI is InChI=1S/C21H19N3O3S/c1-12-4-6-14(7-5-12)20-22-23-21(24(20)3)28-11-15-10-18(26)27-19-13(2)17(25)9-8-16(15)19/h4-10,25H,11H2,1-3H3. The van der Waals surface area contributed by atoms with E-state index in [1.807, 2.05) is 42.8 Å². The number of phenols is 1. The van der Waals surface area contributed by atoms with E-state index in [4.69, 9.17) is 4.42 Å². The van der Waals surface area contributed by atoms with Gasteiger partial charge in [0.25, 0.3) is 0 Å². The number of thioether (sulfide) groups is 1. The monoisotopic (exact) mass is 393 g/mol. The van der Waals surface area contributed by atoms with Crippen LogP contribution in [0.2, 0.25) is 0 Å². The van der Waals surface area contributed by atoms with E-state index in [9.17, 15) is 9.90 Å². The topological polar surface area (TPSA) is 81.2 Å². The fourth-order valence-electron chi connectivity index (χ4n) is 3.07. The number of benzene rings is 2. The quantitative estimate of drug-likeness (QED) is 0.413. The fraction of sp³-hybridized carbons (Fsp3) is 0.190. The molecule has 0 fully saturated rings. The van der Waals surface area contributed by atoms with Crippen molar-refractivity contribution in [3.8, 4) is 17.1 Å². The van der Waals surface area contributed by atoms with Crippen molar-refractivity contribution >= 4 is 22.7 Å². The van der Waals surface area contributed by atoms with Crippen LogP contribution in [-0.2, 0) is 12.8 Å². The second-order valence-electron chi connectivity index (χ2n) is 6.70. The van der Waals surface area contributed by atoms with Gasteiger partial charge in [-0.05, 0) is 31.5 Å². The second-order valence-corrected chi connectivity index (χ2v) is 7.64. The molecule has 4 rings (SSSR count). The van der Waals surface area contributed by atoms with Crippen LogP contribution in [0.4, 0.5) is 0 Å². The van der Waals surface area contributed by atoms with E-state index in [1.165, 1.54) is 23.4 Å². The molecule has 2 aromatic heterocycles. The lowest BCUT2D eigenvalue weighted by atomic mass is 10.1. The fourth-order valence-corrected chi connectivity index (χ4v) is 3.97. The molecule has 7 heteroatoms. The summed E-state index contributed by atoms with van der Waals surface area (Å²) in [7, 11) is 1.93. The summed E-state index contributed by atoms with van der Waals surface area (Å²) in [6.07, 6.45) is 0. The van der Waals surface area contributed by atoms with Crippen LogP contribution in [0.3, 0.4) is 0 Å². The Bertz CT molecular complexity index is 1230. The molecule has 0 aliphatic rings. The molecule has 1 N–H and O–H groups in total. The lowest BCUT2D eigenvalue weighted by Gasteiger charge is -2.08. The molecule has 0 bridgehead atoms. The number of aryl methyl sites for hydroxylation is 2. The minimum Gasteiger partial charge on any atom is -0.508 e. The molecule has 142 valence electrons. The number of nitrogens with zero attached hydrogens (tertiary/aromatic N) is 3. The molecule has 0 saturated heterocycles. The third-order valence-electron chi connectivity index (χ3n) is 4.72. The highest BCUT2D eigenvalue weighted by molar-refractivity contribution is 7.98. The Morgan fingerprint density at radius 2 is 1.86 bits per heavy atom. The largest absolute Gasteiger partial charge is 0.508 e. The maximum absolute atomic E-state index is 12.0. The number of fused-ring (bicyclic) bond motifs is 1. The van der Waals surface area contributed by atoms with E-state index in [0.29, 0.717) is 16.9 Å². The normalized spacial score (nSPS) is 11.2. The third kappa shape index (κ3) is 3.29.